The zero-order chi connectivity index (χ0) is 24.0. The van der Waals surface area contributed by atoms with E-state index in [4.69, 9.17) is 26.8 Å². The Bertz CT molecular complexity index is 838. The summed E-state index contributed by atoms with van der Waals surface area (Å²) in [5, 5.41) is 3.42. The second-order valence-corrected chi connectivity index (χ2v) is 9.61. The van der Waals surface area contributed by atoms with Gasteiger partial charge in [0.1, 0.15) is 11.4 Å². The van der Waals surface area contributed by atoms with Crippen molar-refractivity contribution in [2.45, 2.75) is 57.1 Å². The fraction of sp³-hybridized carbons (Fsp3) is 0.667. The van der Waals surface area contributed by atoms with E-state index in [0.717, 1.165) is 58.4 Å². The Morgan fingerprint density at radius 3 is 2.42 bits per heavy atom. The highest BCUT2D eigenvalue weighted by molar-refractivity contribution is 6.33. The van der Waals surface area contributed by atoms with E-state index in [9.17, 15) is 9.59 Å². The molecule has 1 aromatic carbocycles. The SMILES string of the molecule is COc1cc(N)c(Cl)cc1C(=O)NC1CCN(CCC(C)(OC)C(=O)N2CCCCC2)CC1. The van der Waals surface area contributed by atoms with Gasteiger partial charge in [-0.2, -0.15) is 0 Å². The van der Waals surface area contributed by atoms with Crippen LogP contribution < -0.4 is 15.8 Å². The lowest BCUT2D eigenvalue weighted by molar-refractivity contribution is -0.155. The predicted molar refractivity (Wildman–Crippen MR) is 130 cm³/mol. The van der Waals surface area contributed by atoms with Crippen molar-refractivity contribution in [2.75, 3.05) is 52.7 Å². The van der Waals surface area contributed by atoms with Crippen LogP contribution in [0.25, 0.3) is 0 Å². The molecule has 1 unspecified atom stereocenters. The molecule has 0 aromatic heterocycles. The molecule has 1 aromatic rings. The molecule has 2 aliphatic rings. The number of carbonyl (C=O) groups is 2. The normalized spacial score (nSPS) is 19.7. The van der Waals surface area contributed by atoms with Crippen molar-refractivity contribution in [3.05, 3.63) is 22.7 Å². The third-order valence-electron chi connectivity index (χ3n) is 6.94. The summed E-state index contributed by atoms with van der Waals surface area (Å²) in [5.74, 6) is 0.290. The van der Waals surface area contributed by atoms with E-state index in [1.165, 1.54) is 13.5 Å². The highest BCUT2D eigenvalue weighted by Gasteiger charge is 2.37. The van der Waals surface area contributed by atoms with Crippen LogP contribution in [0.5, 0.6) is 5.75 Å². The standard InChI is InChI=1S/C24H37ClN4O4/c1-24(33-3,23(31)29-10-5-4-6-11-29)9-14-28-12-7-17(8-13-28)27-22(30)18-15-19(25)20(26)16-21(18)32-2/h15-17H,4-14,26H2,1-3H3,(H,27,30). The van der Waals surface area contributed by atoms with Gasteiger partial charge in [0.05, 0.1) is 23.4 Å². The average Bonchev–Trinajstić information content (AvgIpc) is 2.84. The Hall–Kier alpha value is -2.03. The molecule has 9 heteroatoms. The van der Waals surface area contributed by atoms with Gasteiger partial charge in [-0.1, -0.05) is 11.6 Å². The molecule has 0 radical (unpaired) electrons. The van der Waals surface area contributed by atoms with E-state index in [1.807, 2.05) is 11.8 Å². The lowest BCUT2D eigenvalue weighted by atomic mass is 9.96. The minimum absolute atomic E-state index is 0.0681. The van der Waals surface area contributed by atoms with Crippen LogP contribution in [-0.4, -0.2) is 80.2 Å². The number of ether oxygens (including phenoxy) is 2. The summed E-state index contributed by atoms with van der Waals surface area (Å²) in [7, 11) is 3.13. The largest absolute Gasteiger partial charge is 0.496 e. The first kappa shape index (κ1) is 25.6. The Balaban J connectivity index is 1.49. The number of nitrogens with zero attached hydrogens (tertiary/aromatic N) is 2. The summed E-state index contributed by atoms with van der Waals surface area (Å²) in [6.07, 6.45) is 5.65. The Morgan fingerprint density at radius 2 is 1.82 bits per heavy atom. The number of hydrogen-bond acceptors (Lipinski definition) is 6. The summed E-state index contributed by atoms with van der Waals surface area (Å²) in [5.41, 5.74) is 5.77. The highest BCUT2D eigenvalue weighted by atomic mass is 35.5. The van der Waals surface area contributed by atoms with Crippen molar-refractivity contribution in [3.8, 4) is 5.75 Å². The predicted octanol–water partition coefficient (Wildman–Crippen LogP) is 2.93. The van der Waals surface area contributed by atoms with Gasteiger partial charge in [0.15, 0.2) is 0 Å². The van der Waals surface area contributed by atoms with Gasteiger partial charge < -0.3 is 30.3 Å². The molecule has 2 amide bonds. The van der Waals surface area contributed by atoms with Crippen molar-refractivity contribution in [2.24, 2.45) is 0 Å². The number of carbonyl (C=O) groups excluding carboxylic acids is 2. The van der Waals surface area contributed by atoms with Gasteiger partial charge in [0.2, 0.25) is 0 Å². The molecule has 0 spiro atoms. The quantitative estimate of drug-likeness (QED) is 0.555. The van der Waals surface area contributed by atoms with Crippen LogP contribution in [0.1, 0.15) is 55.8 Å². The molecule has 3 N–H and O–H groups in total. The summed E-state index contributed by atoms with van der Waals surface area (Å²) >= 11 is 6.10. The van der Waals surface area contributed by atoms with Gasteiger partial charge in [0.25, 0.3) is 11.8 Å². The van der Waals surface area contributed by atoms with E-state index in [1.54, 1.807) is 19.2 Å². The average molecular weight is 481 g/mol. The van der Waals surface area contributed by atoms with E-state index >= 15 is 0 Å². The van der Waals surface area contributed by atoms with Crippen LogP contribution in [0.4, 0.5) is 5.69 Å². The number of rotatable bonds is 8. The molecule has 2 heterocycles. The minimum Gasteiger partial charge on any atom is -0.496 e. The number of anilines is 1. The number of nitrogens with two attached hydrogens (primary N) is 1. The molecule has 0 bridgehead atoms. The zero-order valence-electron chi connectivity index (χ0n) is 20.0. The van der Waals surface area contributed by atoms with Crippen molar-refractivity contribution in [3.63, 3.8) is 0 Å². The van der Waals surface area contributed by atoms with Gasteiger partial charge in [-0.25, -0.2) is 0 Å². The number of nitrogen functional groups attached to an aromatic ring is 1. The fourth-order valence-corrected chi connectivity index (χ4v) is 4.74. The number of nitrogens with one attached hydrogen (secondary N) is 1. The molecule has 2 fully saturated rings. The van der Waals surface area contributed by atoms with E-state index in [2.05, 4.69) is 10.2 Å². The summed E-state index contributed by atoms with van der Waals surface area (Å²) in [6, 6.07) is 3.18. The maximum Gasteiger partial charge on any atom is 0.255 e. The first-order valence-corrected chi connectivity index (χ1v) is 12.2. The van der Waals surface area contributed by atoms with Gasteiger partial charge in [0, 0.05) is 51.9 Å². The molecule has 0 saturated carbocycles. The summed E-state index contributed by atoms with van der Waals surface area (Å²) < 4.78 is 11.0. The molecule has 8 nitrogen and oxygen atoms in total. The molecule has 3 rings (SSSR count). The van der Waals surface area contributed by atoms with Gasteiger partial charge in [-0.15, -0.1) is 0 Å². The van der Waals surface area contributed by atoms with E-state index in [-0.39, 0.29) is 17.9 Å². The van der Waals surface area contributed by atoms with E-state index < -0.39 is 5.60 Å². The highest BCUT2D eigenvalue weighted by Crippen LogP contribution is 2.29. The molecule has 1 atom stereocenters. The topological polar surface area (TPSA) is 97.1 Å². The number of methoxy groups -OCH3 is 2. The van der Waals surface area contributed by atoms with Crippen LogP contribution in [0.15, 0.2) is 12.1 Å². The maximum absolute atomic E-state index is 13.0. The van der Waals surface area contributed by atoms with Crippen molar-refractivity contribution < 1.29 is 19.1 Å². The molecule has 0 aliphatic carbocycles. The summed E-state index contributed by atoms with van der Waals surface area (Å²) in [4.78, 5) is 30.1. The Morgan fingerprint density at radius 1 is 1.15 bits per heavy atom. The van der Waals surface area contributed by atoms with Gasteiger partial charge >= 0.3 is 0 Å². The number of piperidine rings is 2. The zero-order valence-corrected chi connectivity index (χ0v) is 20.7. The van der Waals surface area contributed by atoms with Crippen molar-refractivity contribution in [1.82, 2.24) is 15.1 Å². The molecule has 33 heavy (non-hydrogen) atoms. The molecule has 2 saturated heterocycles. The second kappa shape index (κ2) is 11.4. The number of hydrogen-bond donors (Lipinski definition) is 2. The van der Waals surface area contributed by atoms with Crippen molar-refractivity contribution >= 4 is 29.1 Å². The first-order valence-electron chi connectivity index (χ1n) is 11.8. The van der Waals surface area contributed by atoms with Crippen LogP contribution in [0.3, 0.4) is 0 Å². The van der Waals surface area contributed by atoms with Crippen LogP contribution in [0, 0.1) is 0 Å². The Kier molecular flexibility index (Phi) is 8.84. The fourth-order valence-electron chi connectivity index (χ4n) is 4.58. The smallest absolute Gasteiger partial charge is 0.255 e. The maximum atomic E-state index is 13.0. The molecule has 2 aliphatic heterocycles. The van der Waals surface area contributed by atoms with Crippen LogP contribution >= 0.6 is 11.6 Å². The van der Waals surface area contributed by atoms with Gasteiger partial charge in [-0.3, -0.25) is 9.59 Å². The lowest BCUT2D eigenvalue weighted by Crippen LogP contribution is -2.52. The lowest BCUT2D eigenvalue weighted by Gasteiger charge is -2.38. The summed E-state index contributed by atoms with van der Waals surface area (Å²) in [6.45, 7) is 6.04. The monoisotopic (exact) mass is 480 g/mol. The number of likely N-dealkylation sites (tertiary alicyclic amines) is 2. The van der Waals surface area contributed by atoms with Crippen molar-refractivity contribution in [1.29, 1.82) is 0 Å². The number of amides is 2. The van der Waals surface area contributed by atoms with E-state index in [0.29, 0.717) is 28.4 Å². The van der Waals surface area contributed by atoms with Crippen LogP contribution in [0.2, 0.25) is 5.02 Å². The molecule has 184 valence electrons. The number of benzene rings is 1. The minimum atomic E-state index is -0.798. The molecular formula is C24H37ClN4O4. The first-order chi connectivity index (χ1) is 15.8. The Labute approximate surface area is 201 Å². The third-order valence-corrected chi connectivity index (χ3v) is 7.26. The third kappa shape index (κ3) is 6.31. The number of halogens is 1. The van der Waals surface area contributed by atoms with Crippen LogP contribution in [-0.2, 0) is 9.53 Å². The van der Waals surface area contributed by atoms with Gasteiger partial charge in [-0.05, 0) is 51.5 Å². The molecular weight excluding hydrogens is 444 g/mol. The second-order valence-electron chi connectivity index (χ2n) is 9.20.